The molecule has 3 rings (SSSR count). The lowest BCUT2D eigenvalue weighted by atomic mass is 10.2. The first-order valence-electron chi connectivity index (χ1n) is 8.62. The number of nitrogens with zero attached hydrogens (tertiary/aromatic N) is 1. The third kappa shape index (κ3) is 4.08. The number of unbranched alkanes of at least 4 members (excludes halogenated alkanes) is 1. The molecule has 2 fully saturated rings. The molecule has 2 aliphatic rings. The van der Waals surface area contributed by atoms with E-state index in [-0.39, 0.29) is 0 Å². The van der Waals surface area contributed by atoms with Crippen LogP contribution in [-0.4, -0.2) is 36.7 Å². The molecule has 0 N–H and O–H groups in total. The van der Waals surface area contributed by atoms with E-state index in [1.807, 2.05) is 0 Å². The van der Waals surface area contributed by atoms with Crippen LogP contribution in [0.2, 0.25) is 0 Å². The lowest BCUT2D eigenvalue weighted by Crippen LogP contribution is -2.46. The van der Waals surface area contributed by atoms with Gasteiger partial charge in [-0.1, -0.05) is 13.3 Å². The summed E-state index contributed by atoms with van der Waals surface area (Å²) in [7, 11) is 0. The number of hydrogen-bond donors (Lipinski definition) is 0. The van der Waals surface area contributed by atoms with Crippen molar-refractivity contribution in [3.8, 4) is 0 Å². The highest BCUT2D eigenvalue weighted by Crippen LogP contribution is 2.50. The second-order valence-corrected chi connectivity index (χ2v) is 8.19. The normalized spacial score (nSPS) is 33.3. The number of morpholine rings is 1. The fourth-order valence-corrected chi connectivity index (χ4v) is 4.90. The van der Waals surface area contributed by atoms with Gasteiger partial charge in [0.05, 0.1) is 12.2 Å². The second kappa shape index (κ2) is 6.80. The molecule has 0 amide bonds. The van der Waals surface area contributed by atoms with Crippen molar-refractivity contribution in [2.24, 2.45) is 5.92 Å². The number of thiophene rings is 1. The van der Waals surface area contributed by atoms with E-state index in [0.717, 1.165) is 24.9 Å². The molecule has 1 aliphatic carbocycles. The number of rotatable bonds is 6. The van der Waals surface area contributed by atoms with Gasteiger partial charge in [0.25, 0.3) is 0 Å². The van der Waals surface area contributed by atoms with Crippen LogP contribution in [0.15, 0.2) is 12.1 Å². The van der Waals surface area contributed by atoms with Crippen molar-refractivity contribution >= 4 is 11.3 Å². The Labute approximate surface area is 133 Å². The van der Waals surface area contributed by atoms with Crippen LogP contribution in [0.3, 0.4) is 0 Å². The lowest BCUT2D eigenvalue weighted by molar-refractivity contribution is -0.0690. The molecule has 2 nitrogen and oxygen atoms in total. The number of aryl methyl sites for hydroxylation is 1. The SMILES string of the molecule is CCCCc1ccc([C@@H]2C[C@H]2CN2C[C@@H](C)O[C@@H](C)C2)s1. The first-order valence-corrected chi connectivity index (χ1v) is 9.43. The third-order valence-electron chi connectivity index (χ3n) is 4.74. The molecule has 21 heavy (non-hydrogen) atoms. The predicted octanol–water partition coefficient (Wildman–Crippen LogP) is 4.30. The van der Waals surface area contributed by atoms with Gasteiger partial charge in [-0.15, -0.1) is 11.3 Å². The van der Waals surface area contributed by atoms with Crippen molar-refractivity contribution in [2.75, 3.05) is 19.6 Å². The van der Waals surface area contributed by atoms with E-state index >= 15 is 0 Å². The highest BCUT2D eigenvalue weighted by atomic mass is 32.1. The van der Waals surface area contributed by atoms with Gasteiger partial charge in [-0.25, -0.2) is 0 Å². The van der Waals surface area contributed by atoms with Gasteiger partial charge in [-0.2, -0.15) is 0 Å². The van der Waals surface area contributed by atoms with Crippen LogP contribution >= 0.6 is 11.3 Å². The maximum Gasteiger partial charge on any atom is 0.0678 e. The van der Waals surface area contributed by atoms with Crippen LogP contribution < -0.4 is 0 Å². The first-order chi connectivity index (χ1) is 10.2. The molecule has 1 aliphatic heterocycles. The lowest BCUT2D eigenvalue weighted by Gasteiger charge is -2.35. The predicted molar refractivity (Wildman–Crippen MR) is 90.2 cm³/mol. The summed E-state index contributed by atoms with van der Waals surface area (Å²) in [5, 5.41) is 0. The fraction of sp³-hybridized carbons (Fsp3) is 0.778. The van der Waals surface area contributed by atoms with Crippen molar-refractivity contribution in [1.82, 2.24) is 4.90 Å². The Balaban J connectivity index is 1.48. The molecule has 0 bridgehead atoms. The summed E-state index contributed by atoms with van der Waals surface area (Å²) in [5.74, 6) is 1.74. The Morgan fingerprint density at radius 3 is 2.71 bits per heavy atom. The highest BCUT2D eigenvalue weighted by Gasteiger charge is 2.41. The van der Waals surface area contributed by atoms with Gasteiger partial charge in [0, 0.05) is 29.4 Å². The van der Waals surface area contributed by atoms with Gasteiger partial charge in [0.15, 0.2) is 0 Å². The fourth-order valence-electron chi connectivity index (χ4n) is 3.64. The van der Waals surface area contributed by atoms with Crippen LogP contribution in [0.1, 0.15) is 55.7 Å². The molecule has 4 atom stereocenters. The van der Waals surface area contributed by atoms with Gasteiger partial charge < -0.3 is 4.74 Å². The van der Waals surface area contributed by atoms with Crippen molar-refractivity contribution in [1.29, 1.82) is 0 Å². The molecule has 3 heteroatoms. The summed E-state index contributed by atoms with van der Waals surface area (Å²) in [6.45, 7) is 10.2. The molecule has 0 unspecified atom stereocenters. The minimum absolute atomic E-state index is 0.397. The van der Waals surface area contributed by atoms with Crippen LogP contribution in [-0.2, 0) is 11.2 Å². The Morgan fingerprint density at radius 2 is 2.00 bits per heavy atom. The molecule has 118 valence electrons. The van der Waals surface area contributed by atoms with Crippen molar-refractivity contribution in [3.05, 3.63) is 21.9 Å². The zero-order valence-corrected chi connectivity index (χ0v) is 14.5. The quantitative estimate of drug-likeness (QED) is 0.777. The molecule has 0 spiro atoms. The van der Waals surface area contributed by atoms with E-state index in [1.54, 1.807) is 9.75 Å². The molecule has 1 aromatic heterocycles. The average Bonchev–Trinajstić information content (AvgIpc) is 3.02. The molecular formula is C18H29NOS. The van der Waals surface area contributed by atoms with Gasteiger partial charge >= 0.3 is 0 Å². The molecule has 0 radical (unpaired) electrons. The number of hydrogen-bond acceptors (Lipinski definition) is 3. The highest BCUT2D eigenvalue weighted by molar-refractivity contribution is 7.12. The minimum atomic E-state index is 0.397. The Kier molecular flexibility index (Phi) is 5.03. The topological polar surface area (TPSA) is 12.5 Å². The average molecular weight is 308 g/mol. The van der Waals surface area contributed by atoms with E-state index in [9.17, 15) is 0 Å². The van der Waals surface area contributed by atoms with Crippen LogP contribution in [0.4, 0.5) is 0 Å². The van der Waals surface area contributed by atoms with E-state index in [1.165, 1.54) is 32.2 Å². The standard InChI is InChI=1S/C18H29NOS/c1-4-5-6-16-7-8-18(21-16)17-9-15(17)12-19-10-13(2)20-14(3)11-19/h7-8,13-15,17H,4-6,9-12H2,1-3H3/t13-,14+,15-,17+/m0/s1. The van der Waals surface area contributed by atoms with Crippen LogP contribution in [0.5, 0.6) is 0 Å². The van der Waals surface area contributed by atoms with E-state index in [2.05, 4.69) is 49.1 Å². The van der Waals surface area contributed by atoms with Gasteiger partial charge in [-0.05, 0) is 57.1 Å². The molecule has 2 heterocycles. The van der Waals surface area contributed by atoms with E-state index in [0.29, 0.717) is 12.2 Å². The summed E-state index contributed by atoms with van der Waals surface area (Å²) in [6.07, 6.45) is 6.09. The zero-order chi connectivity index (χ0) is 14.8. The van der Waals surface area contributed by atoms with Gasteiger partial charge in [0.2, 0.25) is 0 Å². The van der Waals surface area contributed by atoms with Crippen molar-refractivity contribution < 1.29 is 4.74 Å². The maximum absolute atomic E-state index is 5.83. The van der Waals surface area contributed by atoms with Crippen LogP contribution in [0.25, 0.3) is 0 Å². The Hall–Kier alpha value is -0.380. The smallest absolute Gasteiger partial charge is 0.0678 e. The van der Waals surface area contributed by atoms with Gasteiger partial charge in [0.1, 0.15) is 0 Å². The Morgan fingerprint density at radius 1 is 1.24 bits per heavy atom. The summed E-state index contributed by atoms with van der Waals surface area (Å²) >= 11 is 2.07. The summed E-state index contributed by atoms with van der Waals surface area (Å²) < 4.78 is 5.83. The largest absolute Gasteiger partial charge is 0.373 e. The Bertz CT molecular complexity index is 448. The molecule has 1 aromatic rings. The number of ether oxygens (including phenoxy) is 1. The maximum atomic E-state index is 5.83. The van der Waals surface area contributed by atoms with Crippen molar-refractivity contribution in [2.45, 2.75) is 64.6 Å². The minimum Gasteiger partial charge on any atom is -0.373 e. The second-order valence-electron chi connectivity index (χ2n) is 6.99. The first kappa shape index (κ1) is 15.5. The van der Waals surface area contributed by atoms with E-state index in [4.69, 9.17) is 4.74 Å². The third-order valence-corrected chi connectivity index (χ3v) is 6.01. The summed E-state index contributed by atoms with van der Waals surface area (Å²) in [6, 6.07) is 4.76. The molecule has 1 saturated heterocycles. The summed E-state index contributed by atoms with van der Waals surface area (Å²) in [4.78, 5) is 5.85. The molecule has 1 saturated carbocycles. The van der Waals surface area contributed by atoms with Gasteiger partial charge in [-0.3, -0.25) is 4.90 Å². The monoisotopic (exact) mass is 307 g/mol. The van der Waals surface area contributed by atoms with Crippen LogP contribution in [0, 0.1) is 5.92 Å². The molecule has 0 aromatic carbocycles. The molecular weight excluding hydrogens is 278 g/mol. The van der Waals surface area contributed by atoms with Crippen molar-refractivity contribution in [3.63, 3.8) is 0 Å². The van der Waals surface area contributed by atoms with E-state index < -0.39 is 0 Å². The summed E-state index contributed by atoms with van der Waals surface area (Å²) in [5.41, 5.74) is 0. The zero-order valence-electron chi connectivity index (χ0n) is 13.7.